The summed E-state index contributed by atoms with van der Waals surface area (Å²) in [7, 11) is 2.88. The highest BCUT2D eigenvalue weighted by Crippen LogP contribution is 2.29. The fourth-order valence-electron chi connectivity index (χ4n) is 0.640. The fraction of sp³-hybridized carbons (Fsp3) is 0.750. The summed E-state index contributed by atoms with van der Waals surface area (Å²) in [6, 6.07) is -0.841. The minimum absolute atomic E-state index is 0.182. The fourth-order valence-corrected chi connectivity index (χ4v) is 3.30. The molecule has 88 valence electrons. The molecule has 0 spiro atoms. The SMILES string of the molecule is CCC(COC=O)SSC[C@H](N)C(=O)O. The van der Waals surface area contributed by atoms with Gasteiger partial charge in [0.1, 0.15) is 12.6 Å². The second kappa shape index (κ2) is 8.87. The topological polar surface area (TPSA) is 89.6 Å². The molecule has 0 radical (unpaired) electrons. The second-order valence-corrected chi connectivity index (χ2v) is 5.50. The van der Waals surface area contributed by atoms with Crippen molar-refractivity contribution in [3.05, 3.63) is 0 Å². The van der Waals surface area contributed by atoms with E-state index >= 15 is 0 Å². The van der Waals surface area contributed by atoms with Crippen LogP contribution in [0.1, 0.15) is 13.3 Å². The molecule has 0 aliphatic rings. The lowest BCUT2D eigenvalue weighted by Crippen LogP contribution is -2.32. The van der Waals surface area contributed by atoms with Crippen LogP contribution in [0.15, 0.2) is 0 Å². The van der Waals surface area contributed by atoms with Gasteiger partial charge in [-0.3, -0.25) is 9.59 Å². The van der Waals surface area contributed by atoms with Crippen LogP contribution in [0, 0.1) is 0 Å². The van der Waals surface area contributed by atoms with Gasteiger partial charge in [0.15, 0.2) is 0 Å². The first-order valence-electron chi connectivity index (χ1n) is 4.43. The molecule has 0 aliphatic heterocycles. The van der Waals surface area contributed by atoms with Gasteiger partial charge in [-0.1, -0.05) is 28.5 Å². The Balaban J connectivity index is 3.62. The molecule has 15 heavy (non-hydrogen) atoms. The molecule has 0 saturated carbocycles. The van der Waals surface area contributed by atoms with Crippen LogP contribution in [0.3, 0.4) is 0 Å². The van der Waals surface area contributed by atoms with E-state index in [1.165, 1.54) is 21.6 Å². The van der Waals surface area contributed by atoms with Crippen molar-refractivity contribution < 1.29 is 19.4 Å². The van der Waals surface area contributed by atoms with E-state index in [9.17, 15) is 9.59 Å². The maximum absolute atomic E-state index is 10.4. The summed E-state index contributed by atoms with van der Waals surface area (Å²) in [4.78, 5) is 20.4. The average Bonchev–Trinajstić information content (AvgIpc) is 2.22. The molecule has 5 nitrogen and oxygen atoms in total. The molecule has 0 fully saturated rings. The van der Waals surface area contributed by atoms with Gasteiger partial charge in [0.2, 0.25) is 0 Å². The van der Waals surface area contributed by atoms with Crippen LogP contribution < -0.4 is 5.73 Å². The number of ether oxygens (including phenoxy) is 1. The van der Waals surface area contributed by atoms with Crippen LogP contribution >= 0.6 is 21.6 Å². The van der Waals surface area contributed by atoms with Gasteiger partial charge in [-0.05, 0) is 6.42 Å². The number of hydrogen-bond acceptors (Lipinski definition) is 6. The van der Waals surface area contributed by atoms with Crippen molar-refractivity contribution in [2.45, 2.75) is 24.6 Å². The van der Waals surface area contributed by atoms with Gasteiger partial charge in [0.25, 0.3) is 6.47 Å². The Hall–Kier alpha value is -0.400. The molecule has 0 bridgehead atoms. The Labute approximate surface area is 96.5 Å². The lowest BCUT2D eigenvalue weighted by molar-refractivity contribution is -0.138. The first kappa shape index (κ1) is 14.6. The zero-order chi connectivity index (χ0) is 11.7. The van der Waals surface area contributed by atoms with Crippen LogP contribution in [0.5, 0.6) is 0 Å². The summed E-state index contributed by atoms with van der Waals surface area (Å²) in [5.41, 5.74) is 5.32. The largest absolute Gasteiger partial charge is 0.480 e. The number of carboxylic acid groups (broad SMARTS) is 1. The number of carbonyl (C=O) groups is 2. The number of carboxylic acids is 1. The Morgan fingerprint density at radius 3 is 2.80 bits per heavy atom. The zero-order valence-corrected chi connectivity index (χ0v) is 10.1. The second-order valence-electron chi connectivity index (χ2n) is 2.79. The standard InChI is InChI=1S/C8H15NO4S2/c1-2-6(3-13-5-10)15-14-4-7(9)8(11)12/h5-7H,2-4,9H2,1H3,(H,11,12)/t6?,7-/m0/s1. The van der Waals surface area contributed by atoms with Crippen molar-refractivity contribution in [2.24, 2.45) is 5.73 Å². The summed E-state index contributed by atoms with van der Waals surface area (Å²) < 4.78 is 4.63. The number of rotatable bonds is 9. The summed E-state index contributed by atoms with van der Waals surface area (Å²) >= 11 is 0. The van der Waals surface area contributed by atoms with Crippen molar-refractivity contribution >= 4 is 34.0 Å². The number of aliphatic carboxylic acids is 1. The van der Waals surface area contributed by atoms with E-state index in [1.54, 1.807) is 0 Å². The van der Waals surface area contributed by atoms with Gasteiger partial charge in [-0.15, -0.1) is 0 Å². The first-order chi connectivity index (χ1) is 7.11. The maximum atomic E-state index is 10.4. The van der Waals surface area contributed by atoms with Crippen molar-refractivity contribution in [3.8, 4) is 0 Å². The van der Waals surface area contributed by atoms with Crippen molar-refractivity contribution in [3.63, 3.8) is 0 Å². The maximum Gasteiger partial charge on any atom is 0.321 e. The summed E-state index contributed by atoms with van der Waals surface area (Å²) in [6.07, 6.45) is 0.855. The molecule has 3 N–H and O–H groups in total. The third-order valence-electron chi connectivity index (χ3n) is 1.57. The van der Waals surface area contributed by atoms with Gasteiger partial charge in [0, 0.05) is 11.0 Å². The molecule has 0 aromatic rings. The van der Waals surface area contributed by atoms with Crippen molar-refractivity contribution in [1.82, 2.24) is 0 Å². The third-order valence-corrected chi connectivity index (χ3v) is 4.58. The summed E-state index contributed by atoms with van der Waals surface area (Å²) in [5.74, 6) is -0.655. The smallest absolute Gasteiger partial charge is 0.321 e. The highest BCUT2D eigenvalue weighted by atomic mass is 33.1. The van der Waals surface area contributed by atoms with E-state index in [4.69, 9.17) is 10.8 Å². The van der Waals surface area contributed by atoms with Crippen LogP contribution in [-0.4, -0.2) is 41.2 Å². The van der Waals surface area contributed by atoms with E-state index in [1.807, 2.05) is 6.92 Å². The van der Waals surface area contributed by atoms with Gasteiger partial charge >= 0.3 is 5.97 Å². The normalized spacial score (nSPS) is 14.3. The number of nitrogens with two attached hydrogens (primary N) is 1. The molecule has 0 rings (SSSR count). The Morgan fingerprint density at radius 2 is 2.33 bits per heavy atom. The Kier molecular flexibility index (Phi) is 8.64. The van der Waals surface area contributed by atoms with Crippen molar-refractivity contribution in [2.75, 3.05) is 12.4 Å². The molecule has 0 heterocycles. The van der Waals surface area contributed by atoms with E-state index in [0.717, 1.165) is 6.42 Å². The molecule has 0 aromatic carbocycles. The van der Waals surface area contributed by atoms with Crippen LogP contribution in [0.4, 0.5) is 0 Å². The van der Waals surface area contributed by atoms with Gasteiger partial charge in [-0.2, -0.15) is 0 Å². The molecule has 1 unspecified atom stereocenters. The Morgan fingerprint density at radius 1 is 1.67 bits per heavy atom. The molecular formula is C8H15NO4S2. The molecule has 0 aromatic heterocycles. The van der Waals surface area contributed by atoms with Crippen molar-refractivity contribution in [1.29, 1.82) is 0 Å². The van der Waals surface area contributed by atoms with Gasteiger partial charge in [0.05, 0.1) is 0 Å². The molecule has 0 aliphatic carbocycles. The predicted octanol–water partition coefficient (Wildman–Crippen LogP) is 0.731. The lowest BCUT2D eigenvalue weighted by Gasteiger charge is -2.12. The predicted molar refractivity (Wildman–Crippen MR) is 61.8 cm³/mol. The molecule has 2 atom stereocenters. The highest BCUT2D eigenvalue weighted by Gasteiger charge is 2.13. The molecular weight excluding hydrogens is 238 g/mol. The van der Waals surface area contributed by atoms with E-state index in [-0.39, 0.29) is 5.25 Å². The number of hydrogen-bond donors (Lipinski definition) is 2. The minimum Gasteiger partial charge on any atom is -0.480 e. The van der Waals surface area contributed by atoms with Crippen LogP contribution in [0.2, 0.25) is 0 Å². The average molecular weight is 253 g/mol. The molecule has 7 heteroatoms. The summed E-state index contributed by atoms with van der Waals surface area (Å²) in [6.45, 7) is 2.74. The van der Waals surface area contributed by atoms with Gasteiger partial charge in [-0.25, -0.2) is 0 Å². The number of carbonyl (C=O) groups excluding carboxylic acids is 1. The van der Waals surface area contributed by atoms with Crippen LogP contribution in [0.25, 0.3) is 0 Å². The van der Waals surface area contributed by atoms with E-state index in [0.29, 0.717) is 18.8 Å². The monoisotopic (exact) mass is 253 g/mol. The quantitative estimate of drug-likeness (QED) is 0.462. The first-order valence-corrected chi connectivity index (χ1v) is 6.81. The van der Waals surface area contributed by atoms with Crippen LogP contribution in [-0.2, 0) is 14.3 Å². The highest BCUT2D eigenvalue weighted by molar-refractivity contribution is 8.77. The Bertz CT molecular complexity index is 203. The van der Waals surface area contributed by atoms with E-state index < -0.39 is 12.0 Å². The molecule has 0 saturated heterocycles. The zero-order valence-electron chi connectivity index (χ0n) is 8.42. The third kappa shape index (κ3) is 7.52. The lowest BCUT2D eigenvalue weighted by atomic mass is 10.3. The summed E-state index contributed by atoms with van der Waals surface area (Å²) in [5, 5.41) is 8.71. The van der Waals surface area contributed by atoms with Gasteiger partial charge < -0.3 is 15.6 Å². The molecule has 0 amide bonds. The minimum atomic E-state index is -1.000. The van der Waals surface area contributed by atoms with E-state index in [2.05, 4.69) is 4.74 Å².